The van der Waals surface area contributed by atoms with Crippen LogP contribution in [0.2, 0.25) is 5.02 Å². The van der Waals surface area contributed by atoms with Gasteiger partial charge < -0.3 is 9.63 Å². The summed E-state index contributed by atoms with van der Waals surface area (Å²) in [5.74, 6) is 1.10. The first-order chi connectivity index (χ1) is 9.72. The van der Waals surface area contributed by atoms with Crippen molar-refractivity contribution in [3.8, 4) is 17.1 Å². The van der Waals surface area contributed by atoms with E-state index in [4.69, 9.17) is 16.1 Å². The second-order valence-electron chi connectivity index (χ2n) is 4.33. The second kappa shape index (κ2) is 5.35. The minimum atomic E-state index is 0.167. The lowest BCUT2D eigenvalue weighted by atomic mass is 10.1. The molecule has 0 amide bonds. The summed E-state index contributed by atoms with van der Waals surface area (Å²) in [6, 6.07) is 14.2. The standard InChI is InChI=1S/C15H11ClN2O2/c16-13-7-2-1-4-10(13)9-14-17-15(18-20-14)11-5-3-6-12(19)8-11/h1-8,19H,9H2. The van der Waals surface area contributed by atoms with Gasteiger partial charge in [-0.3, -0.25) is 0 Å². The van der Waals surface area contributed by atoms with Crippen LogP contribution in [0.15, 0.2) is 53.1 Å². The molecule has 1 heterocycles. The first-order valence-corrected chi connectivity index (χ1v) is 6.45. The lowest BCUT2D eigenvalue weighted by Gasteiger charge is -1.98. The third-order valence-corrected chi connectivity index (χ3v) is 3.24. The monoisotopic (exact) mass is 286 g/mol. The van der Waals surface area contributed by atoms with Crippen LogP contribution < -0.4 is 0 Å². The molecule has 1 N–H and O–H groups in total. The van der Waals surface area contributed by atoms with E-state index in [9.17, 15) is 5.11 Å². The van der Waals surface area contributed by atoms with Gasteiger partial charge in [0.05, 0.1) is 6.42 Å². The van der Waals surface area contributed by atoms with E-state index in [1.165, 1.54) is 0 Å². The molecule has 0 aliphatic carbocycles. The van der Waals surface area contributed by atoms with E-state index < -0.39 is 0 Å². The lowest BCUT2D eigenvalue weighted by Crippen LogP contribution is -1.89. The van der Waals surface area contributed by atoms with Crippen LogP contribution in [0.25, 0.3) is 11.4 Å². The van der Waals surface area contributed by atoms with Crippen LogP contribution in [-0.4, -0.2) is 15.2 Å². The number of halogens is 1. The Balaban J connectivity index is 1.86. The molecule has 5 heteroatoms. The Morgan fingerprint density at radius 3 is 2.75 bits per heavy atom. The molecule has 0 bridgehead atoms. The van der Waals surface area contributed by atoms with Crippen LogP contribution >= 0.6 is 11.6 Å². The molecule has 0 saturated carbocycles. The van der Waals surface area contributed by atoms with Crippen molar-refractivity contribution in [2.75, 3.05) is 0 Å². The molecule has 0 aliphatic rings. The first-order valence-electron chi connectivity index (χ1n) is 6.08. The number of benzene rings is 2. The summed E-state index contributed by atoms with van der Waals surface area (Å²) in [7, 11) is 0. The van der Waals surface area contributed by atoms with E-state index in [0.29, 0.717) is 28.7 Å². The largest absolute Gasteiger partial charge is 0.508 e. The first kappa shape index (κ1) is 12.7. The highest BCUT2D eigenvalue weighted by molar-refractivity contribution is 6.31. The number of nitrogens with zero attached hydrogens (tertiary/aromatic N) is 2. The van der Waals surface area contributed by atoms with Gasteiger partial charge in [-0.2, -0.15) is 4.98 Å². The van der Waals surface area contributed by atoms with Crippen molar-refractivity contribution in [2.45, 2.75) is 6.42 Å². The smallest absolute Gasteiger partial charge is 0.231 e. The quantitative estimate of drug-likeness (QED) is 0.798. The average Bonchev–Trinajstić information content (AvgIpc) is 2.90. The molecule has 0 spiro atoms. The summed E-state index contributed by atoms with van der Waals surface area (Å²) < 4.78 is 5.22. The minimum Gasteiger partial charge on any atom is -0.508 e. The SMILES string of the molecule is Oc1cccc(-c2noc(Cc3ccccc3Cl)n2)c1. The zero-order chi connectivity index (χ0) is 13.9. The number of hydrogen-bond donors (Lipinski definition) is 1. The molecule has 0 saturated heterocycles. The number of hydrogen-bond acceptors (Lipinski definition) is 4. The Hall–Kier alpha value is -2.33. The van der Waals surface area contributed by atoms with Crippen LogP contribution in [0.5, 0.6) is 5.75 Å². The minimum absolute atomic E-state index is 0.167. The van der Waals surface area contributed by atoms with Crippen molar-refractivity contribution in [3.05, 3.63) is 65.0 Å². The third kappa shape index (κ3) is 2.65. The van der Waals surface area contributed by atoms with Gasteiger partial charge in [0.25, 0.3) is 0 Å². The second-order valence-corrected chi connectivity index (χ2v) is 4.74. The summed E-state index contributed by atoms with van der Waals surface area (Å²) in [4.78, 5) is 4.31. The van der Waals surface area contributed by atoms with Crippen LogP contribution in [0, 0.1) is 0 Å². The Bertz CT molecular complexity index is 740. The molecule has 3 aromatic rings. The Morgan fingerprint density at radius 2 is 1.95 bits per heavy atom. The fourth-order valence-electron chi connectivity index (χ4n) is 1.89. The Labute approximate surface area is 120 Å². The third-order valence-electron chi connectivity index (χ3n) is 2.87. The van der Waals surface area contributed by atoms with E-state index in [0.717, 1.165) is 5.56 Å². The summed E-state index contributed by atoms with van der Waals surface area (Å²) >= 11 is 6.10. The topological polar surface area (TPSA) is 59.2 Å². The van der Waals surface area contributed by atoms with E-state index >= 15 is 0 Å². The van der Waals surface area contributed by atoms with E-state index in [1.54, 1.807) is 18.2 Å². The van der Waals surface area contributed by atoms with Gasteiger partial charge in [0.1, 0.15) is 5.75 Å². The molecule has 0 aliphatic heterocycles. The van der Waals surface area contributed by atoms with E-state index in [1.807, 2.05) is 30.3 Å². The van der Waals surface area contributed by atoms with E-state index in [2.05, 4.69) is 10.1 Å². The van der Waals surface area contributed by atoms with Crippen molar-refractivity contribution in [3.63, 3.8) is 0 Å². The van der Waals surface area contributed by atoms with Crippen LogP contribution in [0.1, 0.15) is 11.5 Å². The maximum absolute atomic E-state index is 9.45. The van der Waals surface area contributed by atoms with Gasteiger partial charge in [0.15, 0.2) is 0 Å². The van der Waals surface area contributed by atoms with Crippen LogP contribution in [0.4, 0.5) is 0 Å². The lowest BCUT2D eigenvalue weighted by molar-refractivity contribution is 0.385. The molecule has 4 nitrogen and oxygen atoms in total. The molecular weight excluding hydrogens is 276 g/mol. The summed E-state index contributed by atoms with van der Waals surface area (Å²) in [5, 5.41) is 14.0. The number of rotatable bonds is 3. The predicted octanol–water partition coefficient (Wildman–Crippen LogP) is 3.69. The zero-order valence-electron chi connectivity index (χ0n) is 10.5. The summed E-state index contributed by atoms with van der Waals surface area (Å²) in [6.07, 6.45) is 0.478. The van der Waals surface area contributed by atoms with Crippen LogP contribution in [-0.2, 0) is 6.42 Å². The number of phenolic OH excluding ortho intramolecular Hbond substituents is 1. The van der Waals surface area contributed by atoms with Gasteiger partial charge in [-0.15, -0.1) is 0 Å². The van der Waals surface area contributed by atoms with Crippen molar-refractivity contribution in [1.82, 2.24) is 10.1 Å². The highest BCUT2D eigenvalue weighted by atomic mass is 35.5. The van der Waals surface area contributed by atoms with Crippen molar-refractivity contribution >= 4 is 11.6 Å². The Kier molecular flexibility index (Phi) is 3.39. The number of aromatic nitrogens is 2. The summed E-state index contributed by atoms with van der Waals surface area (Å²) in [5.41, 5.74) is 1.64. The normalized spacial score (nSPS) is 10.7. The zero-order valence-corrected chi connectivity index (χ0v) is 11.2. The van der Waals surface area contributed by atoms with Crippen molar-refractivity contribution < 1.29 is 9.63 Å². The molecule has 1 aromatic heterocycles. The van der Waals surface area contributed by atoms with Crippen molar-refractivity contribution in [2.24, 2.45) is 0 Å². The van der Waals surface area contributed by atoms with Crippen LogP contribution in [0.3, 0.4) is 0 Å². The van der Waals surface area contributed by atoms with Crippen molar-refractivity contribution in [1.29, 1.82) is 0 Å². The molecule has 0 fully saturated rings. The summed E-state index contributed by atoms with van der Waals surface area (Å²) in [6.45, 7) is 0. The van der Waals surface area contributed by atoms with Gasteiger partial charge in [0.2, 0.25) is 11.7 Å². The van der Waals surface area contributed by atoms with Gasteiger partial charge in [-0.1, -0.05) is 47.1 Å². The maximum Gasteiger partial charge on any atom is 0.231 e. The predicted molar refractivity (Wildman–Crippen MR) is 75.7 cm³/mol. The van der Waals surface area contributed by atoms with E-state index in [-0.39, 0.29) is 5.75 Å². The van der Waals surface area contributed by atoms with Gasteiger partial charge in [-0.25, -0.2) is 0 Å². The maximum atomic E-state index is 9.45. The molecule has 0 unspecified atom stereocenters. The fraction of sp³-hybridized carbons (Fsp3) is 0.0667. The molecule has 0 atom stereocenters. The number of aromatic hydroxyl groups is 1. The molecule has 3 rings (SSSR count). The van der Waals surface area contributed by atoms with Gasteiger partial charge in [0, 0.05) is 10.6 Å². The highest BCUT2D eigenvalue weighted by Crippen LogP contribution is 2.22. The molecule has 20 heavy (non-hydrogen) atoms. The fourth-order valence-corrected chi connectivity index (χ4v) is 2.10. The Morgan fingerprint density at radius 1 is 1.10 bits per heavy atom. The molecule has 2 aromatic carbocycles. The highest BCUT2D eigenvalue weighted by Gasteiger charge is 2.11. The average molecular weight is 287 g/mol. The number of phenols is 1. The molecule has 0 radical (unpaired) electrons. The molecular formula is C15H11ClN2O2. The van der Waals surface area contributed by atoms with Gasteiger partial charge in [-0.05, 0) is 23.8 Å². The van der Waals surface area contributed by atoms with Gasteiger partial charge >= 0.3 is 0 Å². The molecule has 100 valence electrons.